The maximum Gasteiger partial charge on any atom is 0.251 e. The molecule has 2 nitrogen and oxygen atoms in total. The van der Waals surface area contributed by atoms with Crippen LogP contribution in [0.15, 0.2) is 176 Å². The van der Waals surface area contributed by atoms with E-state index in [1.165, 1.54) is 77.1 Å². The van der Waals surface area contributed by atoms with Gasteiger partial charge in [0.2, 0.25) is 0 Å². The Hall–Kier alpha value is -6.36. The van der Waals surface area contributed by atoms with Crippen LogP contribution in [-0.4, -0.2) is 14.8 Å². The summed E-state index contributed by atoms with van der Waals surface area (Å²) in [5.41, 5.74) is 19.1. The van der Waals surface area contributed by atoms with Crippen molar-refractivity contribution < 1.29 is 4.74 Å². The molecule has 64 heavy (non-hydrogen) atoms. The molecule has 0 unspecified atom stereocenters. The van der Waals surface area contributed by atoms with Gasteiger partial charge in [0.05, 0.1) is 16.8 Å². The van der Waals surface area contributed by atoms with Gasteiger partial charge in [-0.15, -0.1) is 0 Å². The second-order valence-electron chi connectivity index (χ2n) is 19.8. The third-order valence-electron chi connectivity index (χ3n) is 14.8. The number of hydrogen-bond acceptors (Lipinski definition) is 2. The number of fused-ring (bicyclic) bond motifs is 10. The summed E-state index contributed by atoms with van der Waals surface area (Å²) in [5, 5.41) is 3.04. The van der Waals surface area contributed by atoms with Crippen LogP contribution in [0.3, 0.4) is 0 Å². The molecule has 0 bridgehead atoms. The summed E-state index contributed by atoms with van der Waals surface area (Å²) in [6.07, 6.45) is 0. The van der Waals surface area contributed by atoms with E-state index in [0.29, 0.717) is 17.8 Å². The van der Waals surface area contributed by atoms with Crippen LogP contribution in [0.4, 0.5) is 17.1 Å². The van der Waals surface area contributed by atoms with E-state index in [9.17, 15) is 0 Å². The van der Waals surface area contributed by atoms with Crippen LogP contribution in [-0.2, 0) is 5.41 Å². The Morgan fingerprint density at radius 1 is 0.469 bits per heavy atom. The van der Waals surface area contributed by atoms with Gasteiger partial charge < -0.3 is 9.64 Å². The maximum atomic E-state index is 6.86. The number of nitrogens with zero attached hydrogens (tertiary/aromatic N) is 1. The van der Waals surface area contributed by atoms with Crippen molar-refractivity contribution in [2.75, 3.05) is 4.90 Å². The van der Waals surface area contributed by atoms with E-state index in [0.717, 1.165) is 28.3 Å². The van der Waals surface area contributed by atoms with Crippen molar-refractivity contribution in [3.8, 4) is 22.6 Å². The lowest BCUT2D eigenvalue weighted by Crippen LogP contribution is -2.63. The van der Waals surface area contributed by atoms with E-state index in [-0.39, 0.29) is 6.71 Å². The first kappa shape index (κ1) is 40.4. The number of rotatable bonds is 6. The number of ether oxygens (including phenoxy) is 1. The molecule has 0 fully saturated rings. The van der Waals surface area contributed by atoms with Crippen LogP contribution in [0, 0.1) is 0 Å². The van der Waals surface area contributed by atoms with Crippen LogP contribution in [0.5, 0.6) is 11.5 Å². The molecule has 314 valence electrons. The van der Waals surface area contributed by atoms with E-state index >= 15 is 0 Å². The first-order valence-corrected chi connectivity index (χ1v) is 26.4. The highest BCUT2D eigenvalue weighted by Crippen LogP contribution is 2.58. The Kier molecular flexibility index (Phi) is 9.56. The Morgan fingerprint density at radius 2 is 0.953 bits per heavy atom. The summed E-state index contributed by atoms with van der Waals surface area (Å²) in [6.45, 7) is 19.1. The molecule has 0 radical (unpaired) electrons. The van der Waals surface area contributed by atoms with E-state index in [2.05, 4.69) is 235 Å². The monoisotopic (exact) mass is 845 g/mol. The van der Waals surface area contributed by atoms with Gasteiger partial charge in [-0.3, -0.25) is 0 Å². The summed E-state index contributed by atoms with van der Waals surface area (Å²) in [7, 11) is -2.00. The molecule has 3 aliphatic rings. The fourth-order valence-electron chi connectivity index (χ4n) is 11.7. The topological polar surface area (TPSA) is 12.5 Å². The zero-order valence-corrected chi connectivity index (χ0v) is 39.4. The molecule has 4 heteroatoms. The second-order valence-corrected chi connectivity index (χ2v) is 24.1. The molecule has 0 saturated heterocycles. The lowest BCUT2D eigenvalue weighted by molar-refractivity contribution is 0.487. The predicted octanol–water partition coefficient (Wildman–Crippen LogP) is 12.6. The molecular formula is C60H56BNOSi. The highest BCUT2D eigenvalue weighted by molar-refractivity contribution is 7.01. The zero-order valence-electron chi connectivity index (χ0n) is 38.4. The summed E-state index contributed by atoms with van der Waals surface area (Å²) in [6, 6.07) is 66.7. The molecule has 8 aromatic rings. The van der Waals surface area contributed by atoms with E-state index in [4.69, 9.17) is 4.74 Å². The molecule has 3 heterocycles. The lowest BCUT2D eigenvalue weighted by atomic mass is 9.34. The number of benzene rings is 8. The fourth-order valence-corrected chi connectivity index (χ4v) is 14.9. The van der Waals surface area contributed by atoms with E-state index in [1.807, 2.05) is 0 Å². The van der Waals surface area contributed by atoms with Crippen molar-refractivity contribution in [1.29, 1.82) is 0 Å². The Balaban J connectivity index is 1.03. The average Bonchev–Trinajstić information content (AvgIpc) is 3.31. The Bertz CT molecular complexity index is 3000. The minimum atomic E-state index is -2.00. The van der Waals surface area contributed by atoms with Crippen molar-refractivity contribution in [1.82, 2.24) is 0 Å². The van der Waals surface area contributed by atoms with E-state index < -0.39 is 13.5 Å². The van der Waals surface area contributed by atoms with Gasteiger partial charge in [0, 0.05) is 5.69 Å². The van der Waals surface area contributed by atoms with Gasteiger partial charge in [-0.05, 0) is 126 Å². The molecule has 0 amide bonds. The Labute approximate surface area is 381 Å². The molecule has 8 aromatic carbocycles. The number of anilines is 3. The summed E-state index contributed by atoms with van der Waals surface area (Å²) in [4.78, 5) is 2.49. The third kappa shape index (κ3) is 5.91. The van der Waals surface area contributed by atoms with E-state index in [1.54, 1.807) is 0 Å². The zero-order chi connectivity index (χ0) is 44.1. The highest BCUT2D eigenvalue weighted by Gasteiger charge is 2.53. The predicted molar refractivity (Wildman–Crippen MR) is 275 cm³/mol. The summed E-state index contributed by atoms with van der Waals surface area (Å²) >= 11 is 0. The largest absolute Gasteiger partial charge is 0.458 e. The molecular weight excluding hydrogens is 790 g/mol. The molecule has 11 rings (SSSR count). The SMILES string of the molecule is CC(C)c1cc(C(C)C)c(B2c3ccccc3Oc3cc(-c4ccc(N5c6ccccc6C6(c7ccccc75)c5ccccc5[Si](C)(C)c5ccccc56)cc4)ccc32)c(C(C)C)c1. The smallest absolute Gasteiger partial charge is 0.251 e. The summed E-state index contributed by atoms with van der Waals surface area (Å²) < 4.78 is 6.86. The van der Waals surface area contributed by atoms with Crippen molar-refractivity contribution >= 4 is 58.6 Å². The Morgan fingerprint density at radius 3 is 1.52 bits per heavy atom. The standard InChI is InChI=1S/C60H56BNOSi/c1-38(2)43-35-45(39(3)4)59(46(36-43)40(5)6)61-51-23-13-16-26-55(51)63-56-37-42(31-34-52(56)61)41-29-32-44(33-30-41)62-53-24-14-9-19-47(53)60(48-20-10-15-25-54(48)62)49-21-11-17-27-57(49)64(7,8)58-28-18-12-22-50(58)60/h9-40H,1-8H3. The molecule has 3 aliphatic heterocycles. The molecule has 0 N–H and O–H groups in total. The molecule has 1 spiro atoms. The van der Waals surface area contributed by atoms with Crippen molar-refractivity contribution in [3.63, 3.8) is 0 Å². The minimum absolute atomic E-state index is 0.0754. The first-order chi connectivity index (χ1) is 31.0. The van der Waals surface area contributed by atoms with Gasteiger partial charge >= 0.3 is 0 Å². The maximum absolute atomic E-state index is 6.86. The molecule has 0 saturated carbocycles. The molecule has 0 aliphatic carbocycles. The van der Waals surface area contributed by atoms with Gasteiger partial charge in [-0.1, -0.05) is 200 Å². The van der Waals surface area contributed by atoms with Crippen molar-refractivity contribution in [2.45, 2.75) is 77.8 Å². The molecule has 0 atom stereocenters. The summed E-state index contributed by atoms with van der Waals surface area (Å²) in [5.74, 6) is 3.11. The van der Waals surface area contributed by atoms with Crippen LogP contribution in [0.25, 0.3) is 11.1 Å². The normalized spacial score (nSPS) is 15.0. The first-order valence-electron chi connectivity index (χ1n) is 23.4. The highest BCUT2D eigenvalue weighted by atomic mass is 28.3. The lowest BCUT2D eigenvalue weighted by Gasteiger charge is -2.52. The number of para-hydroxylation sites is 3. The van der Waals surface area contributed by atoms with Crippen LogP contribution < -0.4 is 36.4 Å². The quantitative estimate of drug-likeness (QED) is 0.155. The minimum Gasteiger partial charge on any atom is -0.458 e. The average molecular weight is 846 g/mol. The van der Waals surface area contributed by atoms with Crippen molar-refractivity contribution in [2.24, 2.45) is 0 Å². The van der Waals surface area contributed by atoms with Crippen molar-refractivity contribution in [3.05, 3.63) is 215 Å². The van der Waals surface area contributed by atoms with Crippen LogP contribution in [0.2, 0.25) is 13.1 Å². The second kappa shape index (κ2) is 15.1. The van der Waals surface area contributed by atoms with Gasteiger partial charge in [-0.25, -0.2) is 0 Å². The van der Waals surface area contributed by atoms with Crippen LogP contribution >= 0.6 is 0 Å². The van der Waals surface area contributed by atoms with Gasteiger partial charge in [0.1, 0.15) is 19.6 Å². The fraction of sp³-hybridized carbons (Fsp3) is 0.200. The number of hydrogen-bond donors (Lipinski definition) is 0. The third-order valence-corrected chi connectivity index (χ3v) is 18.4. The van der Waals surface area contributed by atoms with Gasteiger partial charge in [-0.2, -0.15) is 0 Å². The van der Waals surface area contributed by atoms with Gasteiger partial charge in [0.25, 0.3) is 6.71 Å². The van der Waals surface area contributed by atoms with Crippen LogP contribution in [0.1, 0.15) is 98.2 Å². The van der Waals surface area contributed by atoms with Gasteiger partial charge in [0.15, 0.2) is 0 Å². The molecule has 0 aromatic heterocycles.